The van der Waals surface area contributed by atoms with Crippen LogP contribution in [0, 0.1) is 34.4 Å². The average molecular weight is 700 g/mol. The Morgan fingerprint density at radius 3 is 2.57 bits per heavy atom. The zero-order valence-electron chi connectivity index (χ0n) is 31.0. The summed E-state index contributed by atoms with van der Waals surface area (Å²) in [5.41, 5.74) is 1.95. The SMILES string of the molecule is COc1ccc(CCn2c(C(=N)N3CCN(C)CC3)nc3cc(NC(=N[C@H]4C[C@@H]5C[C@@H]([C@H]4C)C5(C)C)N4CCN[C@@H](C)C4)ccc3c2=O)c(F)c1. The normalized spacial score (nSPS) is 26.6. The van der Waals surface area contributed by atoms with Gasteiger partial charge in [0.15, 0.2) is 17.6 Å². The van der Waals surface area contributed by atoms with E-state index in [0.29, 0.717) is 70.3 Å². The smallest absolute Gasteiger partial charge is 0.261 e. The maximum atomic E-state index is 14.9. The molecule has 1 aromatic heterocycles. The highest BCUT2D eigenvalue weighted by Crippen LogP contribution is 2.61. The number of nitrogens with zero attached hydrogens (tertiary/aromatic N) is 6. The largest absolute Gasteiger partial charge is 0.497 e. The van der Waals surface area contributed by atoms with Gasteiger partial charge in [0.1, 0.15) is 11.6 Å². The number of methoxy groups -OCH3 is 1. The number of likely N-dealkylation sites (N-methyl/N-ethyl adjacent to an activating group) is 1. The van der Waals surface area contributed by atoms with Crippen LogP contribution in [-0.4, -0.2) is 108 Å². The summed E-state index contributed by atoms with van der Waals surface area (Å²) in [6.45, 7) is 15.2. The predicted octanol–water partition coefficient (Wildman–Crippen LogP) is 4.49. The van der Waals surface area contributed by atoms with Gasteiger partial charge in [-0.2, -0.15) is 0 Å². The molecule has 5 aliphatic rings. The van der Waals surface area contributed by atoms with E-state index >= 15 is 0 Å². The molecule has 0 spiro atoms. The summed E-state index contributed by atoms with van der Waals surface area (Å²) in [5, 5.41) is 16.9. The van der Waals surface area contributed by atoms with Gasteiger partial charge >= 0.3 is 0 Å². The summed E-state index contributed by atoms with van der Waals surface area (Å²) in [5.74, 6) is 3.34. The first-order valence-corrected chi connectivity index (χ1v) is 18.7. The topological polar surface area (TPSA) is 114 Å². The number of rotatable bonds is 7. The van der Waals surface area contributed by atoms with E-state index in [-0.39, 0.29) is 36.2 Å². The van der Waals surface area contributed by atoms with Gasteiger partial charge in [-0.05, 0) is 86.2 Å². The number of aryl methyl sites for hydroxylation is 1. The van der Waals surface area contributed by atoms with Crippen molar-refractivity contribution in [1.82, 2.24) is 29.6 Å². The Morgan fingerprint density at radius 2 is 1.88 bits per heavy atom. The number of nitrogens with one attached hydrogen (secondary N) is 3. The highest BCUT2D eigenvalue weighted by Gasteiger charge is 2.56. The summed E-state index contributed by atoms with van der Waals surface area (Å²) in [4.78, 5) is 31.2. The molecular weight excluding hydrogens is 645 g/mol. The first-order chi connectivity index (χ1) is 24.4. The summed E-state index contributed by atoms with van der Waals surface area (Å²) in [6.07, 6.45) is 2.68. The van der Waals surface area contributed by atoms with Crippen molar-refractivity contribution in [3.63, 3.8) is 0 Å². The number of fused-ring (bicyclic) bond motifs is 3. The molecule has 12 heteroatoms. The molecule has 11 nitrogen and oxygen atoms in total. The van der Waals surface area contributed by atoms with Crippen molar-refractivity contribution >= 4 is 28.4 Å². The third-order valence-corrected chi connectivity index (χ3v) is 12.4. The van der Waals surface area contributed by atoms with Crippen molar-refractivity contribution in [2.24, 2.45) is 28.2 Å². The molecular formula is C39H54FN9O2. The highest BCUT2D eigenvalue weighted by atomic mass is 19.1. The number of aromatic nitrogens is 2. The number of benzene rings is 2. The Hall–Kier alpha value is -4.03. The number of amidine groups is 1. The molecule has 2 aliphatic heterocycles. The fraction of sp³-hybridized carbons (Fsp3) is 0.590. The quantitative estimate of drug-likeness (QED) is 0.244. The number of anilines is 1. The molecule has 5 atom stereocenters. The Labute approximate surface area is 300 Å². The van der Waals surface area contributed by atoms with Gasteiger partial charge in [0, 0.05) is 70.2 Å². The number of aliphatic imine (C=N–C) groups is 1. The van der Waals surface area contributed by atoms with E-state index in [2.05, 4.69) is 55.2 Å². The van der Waals surface area contributed by atoms with Crippen LogP contribution in [0.3, 0.4) is 0 Å². The molecule has 2 bridgehead atoms. The molecule has 8 rings (SSSR count). The number of hydrogen-bond acceptors (Lipinski definition) is 7. The minimum Gasteiger partial charge on any atom is -0.497 e. The molecule has 3 saturated carbocycles. The van der Waals surface area contributed by atoms with Gasteiger partial charge in [-0.3, -0.25) is 14.8 Å². The molecule has 0 unspecified atom stereocenters. The standard InChI is InChI=1S/C39H54FN9O2/c1-24-23-48(14-12-42-24)38(45-33-20-27-19-31(25(33)2)39(27,3)4)43-28-8-10-30-34(21-28)44-36(35(41)47-17-15-46(5)16-18-47)49(37(30)50)13-11-26-7-9-29(51-6)22-32(26)40/h7-10,21-22,24-25,27,31,33,41-42H,11-20,23H2,1-6H3,(H,43,45)/t24-,25+,27-,31-,33-/m0/s1. The first-order valence-electron chi connectivity index (χ1n) is 18.7. The van der Waals surface area contributed by atoms with Crippen LogP contribution < -0.4 is 20.9 Å². The van der Waals surface area contributed by atoms with Gasteiger partial charge in [-0.1, -0.05) is 26.8 Å². The van der Waals surface area contributed by atoms with Crippen LogP contribution in [0.5, 0.6) is 5.75 Å². The summed E-state index contributed by atoms with van der Waals surface area (Å²) < 4.78 is 21.7. The van der Waals surface area contributed by atoms with E-state index in [0.717, 1.165) is 50.8 Å². The Kier molecular flexibility index (Phi) is 9.84. The molecule has 0 amide bonds. The second-order valence-electron chi connectivity index (χ2n) is 15.9. The maximum absolute atomic E-state index is 14.9. The predicted molar refractivity (Wildman–Crippen MR) is 202 cm³/mol. The molecule has 0 radical (unpaired) electrons. The van der Waals surface area contributed by atoms with E-state index in [1.54, 1.807) is 16.7 Å². The third-order valence-electron chi connectivity index (χ3n) is 12.4. The lowest BCUT2D eigenvalue weighted by molar-refractivity contribution is -0.108. The van der Waals surface area contributed by atoms with Crippen molar-refractivity contribution in [3.05, 3.63) is 64.0 Å². The zero-order chi connectivity index (χ0) is 36.0. The van der Waals surface area contributed by atoms with Crippen LogP contribution in [-0.2, 0) is 13.0 Å². The van der Waals surface area contributed by atoms with Gasteiger partial charge in [0.05, 0.1) is 24.1 Å². The van der Waals surface area contributed by atoms with E-state index < -0.39 is 0 Å². The number of guanidine groups is 1. The van der Waals surface area contributed by atoms with Crippen LogP contribution in [0.1, 0.15) is 51.9 Å². The lowest BCUT2D eigenvalue weighted by atomic mass is 9.45. The van der Waals surface area contributed by atoms with Crippen molar-refractivity contribution in [2.45, 2.75) is 65.6 Å². The lowest BCUT2D eigenvalue weighted by Crippen LogP contribution is -2.57. The van der Waals surface area contributed by atoms with Crippen LogP contribution >= 0.6 is 0 Å². The monoisotopic (exact) mass is 699 g/mol. The minimum absolute atomic E-state index is 0.187. The maximum Gasteiger partial charge on any atom is 0.261 e. The Bertz CT molecular complexity index is 1870. The number of hydrogen-bond donors (Lipinski definition) is 3. The molecule has 5 fully saturated rings. The van der Waals surface area contributed by atoms with Gasteiger partial charge in [-0.15, -0.1) is 0 Å². The first kappa shape index (κ1) is 35.4. The highest BCUT2D eigenvalue weighted by molar-refractivity contribution is 5.98. The number of piperazine rings is 2. The van der Waals surface area contributed by atoms with Crippen LogP contribution in [0.25, 0.3) is 10.9 Å². The van der Waals surface area contributed by atoms with Crippen LogP contribution in [0.15, 0.2) is 46.2 Å². The number of halogens is 1. The van der Waals surface area contributed by atoms with Crippen molar-refractivity contribution in [3.8, 4) is 5.75 Å². The molecule has 3 N–H and O–H groups in total. The van der Waals surface area contributed by atoms with E-state index in [1.807, 2.05) is 23.1 Å². The molecule has 2 aromatic carbocycles. The average Bonchev–Trinajstić information content (AvgIpc) is 3.11. The third kappa shape index (κ3) is 6.96. The van der Waals surface area contributed by atoms with Crippen LogP contribution in [0.4, 0.5) is 10.1 Å². The van der Waals surface area contributed by atoms with Crippen molar-refractivity contribution < 1.29 is 9.13 Å². The van der Waals surface area contributed by atoms with Gasteiger partial charge < -0.3 is 30.1 Å². The molecule has 2 saturated heterocycles. The summed E-state index contributed by atoms with van der Waals surface area (Å²) in [6, 6.07) is 11.0. The second kappa shape index (κ2) is 14.2. The summed E-state index contributed by atoms with van der Waals surface area (Å²) >= 11 is 0. The Balaban J connectivity index is 1.22. The van der Waals surface area contributed by atoms with Crippen molar-refractivity contribution in [2.75, 3.05) is 65.3 Å². The number of ether oxygens (including phenoxy) is 1. The zero-order valence-corrected chi connectivity index (χ0v) is 31.0. The fourth-order valence-electron chi connectivity index (χ4n) is 8.85. The fourth-order valence-corrected chi connectivity index (χ4v) is 8.85. The molecule has 274 valence electrons. The van der Waals surface area contributed by atoms with E-state index in [9.17, 15) is 14.6 Å². The lowest BCUT2D eigenvalue weighted by Gasteiger charge is -2.61. The molecule has 3 aromatic rings. The second-order valence-corrected chi connectivity index (χ2v) is 15.9. The van der Waals surface area contributed by atoms with Gasteiger partial charge in [-0.25, -0.2) is 14.4 Å². The molecule has 3 aliphatic carbocycles. The van der Waals surface area contributed by atoms with E-state index in [4.69, 9.17) is 14.7 Å². The molecule has 3 heterocycles. The van der Waals surface area contributed by atoms with Crippen molar-refractivity contribution in [1.29, 1.82) is 5.41 Å². The van der Waals surface area contributed by atoms with Gasteiger partial charge in [0.25, 0.3) is 5.56 Å². The molecule has 51 heavy (non-hydrogen) atoms. The van der Waals surface area contributed by atoms with Crippen LogP contribution in [0.2, 0.25) is 0 Å². The van der Waals surface area contributed by atoms with E-state index in [1.165, 1.54) is 19.6 Å². The minimum atomic E-state index is -0.387. The summed E-state index contributed by atoms with van der Waals surface area (Å²) in [7, 11) is 3.57. The van der Waals surface area contributed by atoms with Gasteiger partial charge in [0.2, 0.25) is 0 Å². The Morgan fingerprint density at radius 1 is 1.10 bits per heavy atom.